The lowest BCUT2D eigenvalue weighted by molar-refractivity contribution is 0.703. The van der Waals surface area contributed by atoms with Crippen molar-refractivity contribution in [1.29, 1.82) is 0 Å². The highest BCUT2D eigenvalue weighted by molar-refractivity contribution is 5.81. The number of aromatic nitrogens is 5. The summed E-state index contributed by atoms with van der Waals surface area (Å²) >= 11 is 0. The molecule has 1 aromatic carbocycles. The second kappa shape index (κ2) is 5.87. The predicted octanol–water partition coefficient (Wildman–Crippen LogP) is 2.19. The topological polar surface area (TPSA) is 68.5 Å². The van der Waals surface area contributed by atoms with Gasteiger partial charge in [-0.1, -0.05) is 35.5 Å². The molecule has 0 aliphatic rings. The predicted molar refractivity (Wildman–Crippen MR) is 81.9 cm³/mol. The van der Waals surface area contributed by atoms with Crippen molar-refractivity contribution in [3.8, 4) is 0 Å². The minimum absolute atomic E-state index is 0.297. The second-order valence-electron chi connectivity index (χ2n) is 5.18. The molecular formula is C15H18N6. The van der Waals surface area contributed by atoms with Crippen molar-refractivity contribution in [1.82, 2.24) is 25.0 Å². The van der Waals surface area contributed by atoms with E-state index in [1.165, 1.54) is 11.9 Å². The molecule has 21 heavy (non-hydrogen) atoms. The van der Waals surface area contributed by atoms with E-state index in [1.807, 2.05) is 13.1 Å². The van der Waals surface area contributed by atoms with E-state index < -0.39 is 0 Å². The van der Waals surface area contributed by atoms with Crippen molar-refractivity contribution in [3.05, 3.63) is 42.2 Å². The normalized spacial score (nSPS) is 12.5. The number of hydrogen-bond donors (Lipinski definition) is 1. The Balaban J connectivity index is 1.67. The molecule has 6 nitrogen and oxygen atoms in total. The third-order valence-electron chi connectivity index (χ3n) is 3.48. The summed E-state index contributed by atoms with van der Waals surface area (Å²) in [4.78, 5) is 8.47. The monoisotopic (exact) mass is 282 g/mol. The van der Waals surface area contributed by atoms with E-state index >= 15 is 0 Å². The Hall–Kier alpha value is -2.50. The van der Waals surface area contributed by atoms with Crippen LogP contribution in [0.2, 0.25) is 0 Å². The first-order valence-electron chi connectivity index (χ1n) is 7.05. The van der Waals surface area contributed by atoms with Crippen LogP contribution in [-0.2, 0) is 13.5 Å². The van der Waals surface area contributed by atoms with Crippen LogP contribution in [0.25, 0.3) is 11.2 Å². The van der Waals surface area contributed by atoms with Gasteiger partial charge in [-0.3, -0.25) is 0 Å². The highest BCUT2D eigenvalue weighted by atomic mass is 15.4. The Bertz CT molecular complexity index is 721. The molecule has 3 rings (SSSR count). The maximum absolute atomic E-state index is 4.28. The third-order valence-corrected chi connectivity index (χ3v) is 3.48. The van der Waals surface area contributed by atoms with Crippen LogP contribution in [0.3, 0.4) is 0 Å². The number of nitrogens with one attached hydrogen (secondary N) is 1. The summed E-state index contributed by atoms with van der Waals surface area (Å²) in [6.45, 7) is 2.15. The first-order valence-corrected chi connectivity index (χ1v) is 7.05. The molecule has 1 atom stereocenters. The molecule has 0 bridgehead atoms. The molecule has 0 fully saturated rings. The van der Waals surface area contributed by atoms with Gasteiger partial charge in [0.2, 0.25) is 0 Å². The van der Waals surface area contributed by atoms with Gasteiger partial charge in [-0.15, -0.1) is 5.10 Å². The van der Waals surface area contributed by atoms with Gasteiger partial charge in [0.05, 0.1) is 0 Å². The Morgan fingerprint density at radius 2 is 2.00 bits per heavy atom. The van der Waals surface area contributed by atoms with Gasteiger partial charge in [-0.2, -0.15) is 0 Å². The SMILES string of the molecule is C[C@H](CCc1ccccc1)Nc1ncnc2c1nnn2C. The Morgan fingerprint density at radius 3 is 2.81 bits per heavy atom. The van der Waals surface area contributed by atoms with Crippen molar-refractivity contribution in [3.63, 3.8) is 0 Å². The van der Waals surface area contributed by atoms with Crippen molar-refractivity contribution in [2.45, 2.75) is 25.8 Å². The van der Waals surface area contributed by atoms with E-state index in [9.17, 15) is 0 Å². The highest BCUT2D eigenvalue weighted by Gasteiger charge is 2.11. The molecule has 0 amide bonds. The van der Waals surface area contributed by atoms with Crippen molar-refractivity contribution < 1.29 is 0 Å². The fourth-order valence-electron chi connectivity index (χ4n) is 2.29. The summed E-state index contributed by atoms with van der Waals surface area (Å²) in [6.07, 6.45) is 3.59. The van der Waals surface area contributed by atoms with E-state index in [-0.39, 0.29) is 0 Å². The molecule has 0 aliphatic heterocycles. The van der Waals surface area contributed by atoms with E-state index in [2.05, 4.69) is 56.8 Å². The van der Waals surface area contributed by atoms with Gasteiger partial charge in [0.15, 0.2) is 17.0 Å². The zero-order valence-corrected chi connectivity index (χ0v) is 12.2. The number of anilines is 1. The summed E-state index contributed by atoms with van der Waals surface area (Å²) < 4.78 is 1.65. The Labute approximate surface area is 123 Å². The smallest absolute Gasteiger partial charge is 0.183 e. The van der Waals surface area contributed by atoms with E-state index in [0.29, 0.717) is 11.6 Å². The van der Waals surface area contributed by atoms with Crippen LogP contribution in [0, 0.1) is 0 Å². The van der Waals surface area contributed by atoms with Gasteiger partial charge in [0.1, 0.15) is 6.33 Å². The molecule has 0 saturated carbocycles. The number of benzene rings is 1. The first-order chi connectivity index (χ1) is 10.2. The highest BCUT2D eigenvalue weighted by Crippen LogP contribution is 2.17. The fraction of sp³-hybridized carbons (Fsp3) is 0.333. The minimum atomic E-state index is 0.297. The van der Waals surface area contributed by atoms with Crippen LogP contribution in [0.5, 0.6) is 0 Å². The average molecular weight is 282 g/mol. The summed E-state index contributed by atoms with van der Waals surface area (Å²) in [5.41, 5.74) is 2.80. The van der Waals surface area contributed by atoms with Crippen LogP contribution >= 0.6 is 0 Å². The van der Waals surface area contributed by atoms with E-state index in [4.69, 9.17) is 0 Å². The van der Waals surface area contributed by atoms with Crippen LogP contribution in [0.15, 0.2) is 36.7 Å². The molecule has 2 heterocycles. The standard InChI is InChI=1S/C15H18N6/c1-11(8-9-12-6-4-3-5-7-12)18-14-13-15(17-10-16-14)21(2)20-19-13/h3-7,10-11H,8-9H2,1-2H3,(H,16,17,18)/t11-/m1/s1. The number of aryl methyl sites for hydroxylation is 2. The molecule has 6 heteroatoms. The summed E-state index contributed by atoms with van der Waals surface area (Å²) in [6, 6.07) is 10.8. The van der Waals surface area contributed by atoms with Crippen LogP contribution < -0.4 is 5.32 Å². The largest absolute Gasteiger partial charge is 0.366 e. The van der Waals surface area contributed by atoms with Crippen LogP contribution in [-0.4, -0.2) is 31.0 Å². The number of nitrogens with zero attached hydrogens (tertiary/aromatic N) is 5. The molecule has 108 valence electrons. The number of rotatable bonds is 5. The van der Waals surface area contributed by atoms with Crippen molar-refractivity contribution >= 4 is 17.0 Å². The van der Waals surface area contributed by atoms with Crippen molar-refractivity contribution in [2.75, 3.05) is 5.32 Å². The Morgan fingerprint density at radius 1 is 1.19 bits per heavy atom. The third kappa shape index (κ3) is 2.99. The zero-order chi connectivity index (χ0) is 14.7. The maximum Gasteiger partial charge on any atom is 0.183 e. The lowest BCUT2D eigenvalue weighted by atomic mass is 10.1. The summed E-state index contributed by atoms with van der Waals surface area (Å²) in [7, 11) is 1.82. The van der Waals surface area contributed by atoms with Gasteiger partial charge >= 0.3 is 0 Å². The molecular weight excluding hydrogens is 264 g/mol. The lowest BCUT2D eigenvalue weighted by Gasteiger charge is -2.14. The molecule has 0 saturated heterocycles. The molecule has 0 aliphatic carbocycles. The average Bonchev–Trinajstić information content (AvgIpc) is 2.89. The quantitative estimate of drug-likeness (QED) is 0.777. The Kier molecular flexibility index (Phi) is 3.77. The van der Waals surface area contributed by atoms with Gasteiger partial charge in [-0.25, -0.2) is 14.6 Å². The minimum Gasteiger partial charge on any atom is -0.366 e. The molecule has 0 unspecified atom stereocenters. The molecule has 2 aromatic heterocycles. The summed E-state index contributed by atoms with van der Waals surface area (Å²) in [5, 5.41) is 11.5. The van der Waals surface area contributed by atoms with Gasteiger partial charge in [0.25, 0.3) is 0 Å². The zero-order valence-electron chi connectivity index (χ0n) is 12.2. The van der Waals surface area contributed by atoms with Gasteiger partial charge < -0.3 is 5.32 Å². The van der Waals surface area contributed by atoms with Gasteiger partial charge in [-0.05, 0) is 25.3 Å². The van der Waals surface area contributed by atoms with Gasteiger partial charge in [0, 0.05) is 13.1 Å². The molecule has 1 N–H and O–H groups in total. The lowest BCUT2D eigenvalue weighted by Crippen LogP contribution is -2.17. The fourth-order valence-corrected chi connectivity index (χ4v) is 2.29. The molecule has 0 radical (unpaired) electrons. The number of hydrogen-bond acceptors (Lipinski definition) is 5. The number of fused-ring (bicyclic) bond motifs is 1. The van der Waals surface area contributed by atoms with Crippen LogP contribution in [0.4, 0.5) is 5.82 Å². The van der Waals surface area contributed by atoms with Crippen LogP contribution in [0.1, 0.15) is 18.9 Å². The summed E-state index contributed by atoms with van der Waals surface area (Å²) in [5.74, 6) is 0.744. The van der Waals surface area contributed by atoms with E-state index in [0.717, 1.165) is 24.3 Å². The second-order valence-corrected chi connectivity index (χ2v) is 5.18. The van der Waals surface area contributed by atoms with Crippen molar-refractivity contribution in [2.24, 2.45) is 7.05 Å². The molecule has 0 spiro atoms. The maximum atomic E-state index is 4.28. The van der Waals surface area contributed by atoms with E-state index in [1.54, 1.807) is 4.68 Å². The first kappa shape index (κ1) is 13.5. The molecule has 3 aromatic rings.